The standard InChI is InChI=1S/C13H17NO6S2/c1-4-8-20-10(2)13(15)14-22(18,19)12-7-5-6-11(9-12)21(3,16)17/h4-7,9-10H,1,8H2,2-3H3,(H,14,15)/t10-/m1/s1. The maximum atomic E-state index is 12.1. The monoisotopic (exact) mass is 347 g/mol. The molecule has 0 aliphatic rings. The van der Waals surface area contributed by atoms with Crippen LogP contribution in [-0.2, 0) is 29.4 Å². The lowest BCUT2D eigenvalue weighted by atomic mass is 10.4. The summed E-state index contributed by atoms with van der Waals surface area (Å²) in [6.45, 7) is 4.90. The Bertz CT molecular complexity index is 767. The second kappa shape index (κ2) is 7.03. The summed E-state index contributed by atoms with van der Waals surface area (Å²) in [7, 11) is -7.74. The number of nitrogens with one attached hydrogen (secondary N) is 1. The van der Waals surface area contributed by atoms with E-state index in [-0.39, 0.29) is 16.4 Å². The summed E-state index contributed by atoms with van der Waals surface area (Å²) in [6, 6.07) is 4.73. The van der Waals surface area contributed by atoms with E-state index in [1.165, 1.54) is 31.2 Å². The molecule has 1 atom stereocenters. The van der Waals surface area contributed by atoms with Crippen molar-refractivity contribution in [3.8, 4) is 0 Å². The normalized spacial score (nSPS) is 13.4. The van der Waals surface area contributed by atoms with Gasteiger partial charge in [0.25, 0.3) is 15.9 Å². The Hall–Kier alpha value is -1.71. The molecule has 0 aliphatic carbocycles. The summed E-state index contributed by atoms with van der Waals surface area (Å²) in [5.74, 6) is -0.855. The number of benzene rings is 1. The molecule has 1 rings (SSSR count). The fourth-order valence-electron chi connectivity index (χ4n) is 1.43. The molecule has 1 aromatic carbocycles. The van der Waals surface area contributed by atoms with Crippen LogP contribution in [0.4, 0.5) is 0 Å². The van der Waals surface area contributed by atoms with Crippen LogP contribution in [0, 0.1) is 0 Å². The van der Waals surface area contributed by atoms with Crippen LogP contribution in [0.5, 0.6) is 0 Å². The molecule has 0 radical (unpaired) electrons. The summed E-state index contributed by atoms with van der Waals surface area (Å²) in [6.07, 6.45) is 1.39. The fourth-order valence-corrected chi connectivity index (χ4v) is 3.26. The van der Waals surface area contributed by atoms with Crippen LogP contribution < -0.4 is 4.72 Å². The van der Waals surface area contributed by atoms with E-state index in [2.05, 4.69) is 6.58 Å². The zero-order chi connectivity index (χ0) is 17.0. The SMILES string of the molecule is C=CCO[C@H](C)C(=O)NS(=O)(=O)c1cccc(S(C)(=O)=O)c1. The lowest BCUT2D eigenvalue weighted by Gasteiger charge is -2.13. The van der Waals surface area contributed by atoms with Gasteiger partial charge in [0.05, 0.1) is 16.4 Å². The van der Waals surface area contributed by atoms with E-state index in [0.717, 1.165) is 12.3 Å². The summed E-state index contributed by atoms with van der Waals surface area (Å²) in [5.41, 5.74) is 0. The first-order valence-electron chi connectivity index (χ1n) is 6.17. The first kappa shape index (κ1) is 18.3. The predicted octanol–water partition coefficient (Wildman–Crippen LogP) is 0.486. The van der Waals surface area contributed by atoms with Crippen molar-refractivity contribution in [1.82, 2.24) is 4.72 Å². The third-order valence-corrected chi connectivity index (χ3v) is 5.07. The van der Waals surface area contributed by atoms with Crippen LogP contribution in [0.1, 0.15) is 6.92 Å². The largest absolute Gasteiger partial charge is 0.365 e. The first-order chi connectivity index (χ1) is 10.1. The van der Waals surface area contributed by atoms with Gasteiger partial charge in [-0.1, -0.05) is 12.1 Å². The average molecular weight is 347 g/mol. The molecule has 122 valence electrons. The molecule has 1 amide bonds. The van der Waals surface area contributed by atoms with Crippen molar-refractivity contribution in [2.45, 2.75) is 22.8 Å². The van der Waals surface area contributed by atoms with Gasteiger partial charge in [0.2, 0.25) is 0 Å². The molecule has 0 saturated carbocycles. The van der Waals surface area contributed by atoms with E-state index in [1.54, 1.807) is 0 Å². The van der Waals surface area contributed by atoms with Gasteiger partial charge in [0, 0.05) is 6.26 Å². The lowest BCUT2D eigenvalue weighted by molar-refractivity contribution is -0.129. The highest BCUT2D eigenvalue weighted by molar-refractivity contribution is 7.91. The molecule has 9 heteroatoms. The fraction of sp³-hybridized carbons (Fsp3) is 0.308. The zero-order valence-electron chi connectivity index (χ0n) is 12.1. The summed E-state index contributed by atoms with van der Waals surface area (Å²) < 4.78 is 54.0. The molecule has 22 heavy (non-hydrogen) atoms. The van der Waals surface area contributed by atoms with Crippen LogP contribution in [0.3, 0.4) is 0 Å². The molecule has 0 aromatic heterocycles. The van der Waals surface area contributed by atoms with Gasteiger partial charge in [-0.3, -0.25) is 4.79 Å². The van der Waals surface area contributed by atoms with Crippen molar-refractivity contribution in [3.05, 3.63) is 36.9 Å². The summed E-state index contributed by atoms with van der Waals surface area (Å²) in [5, 5.41) is 0. The quantitative estimate of drug-likeness (QED) is 0.719. The van der Waals surface area contributed by atoms with Crippen molar-refractivity contribution >= 4 is 25.8 Å². The van der Waals surface area contributed by atoms with Gasteiger partial charge in [-0.05, 0) is 25.1 Å². The molecule has 0 bridgehead atoms. The number of carbonyl (C=O) groups is 1. The van der Waals surface area contributed by atoms with Crippen LogP contribution in [-0.4, -0.2) is 41.7 Å². The van der Waals surface area contributed by atoms with Gasteiger partial charge in [-0.15, -0.1) is 6.58 Å². The number of hydrogen-bond donors (Lipinski definition) is 1. The topological polar surface area (TPSA) is 107 Å². The molecule has 0 heterocycles. The maximum absolute atomic E-state index is 12.1. The summed E-state index contributed by atoms with van der Waals surface area (Å²) >= 11 is 0. The number of sulfonamides is 1. The Kier molecular flexibility index (Phi) is 5.86. The highest BCUT2D eigenvalue weighted by atomic mass is 32.2. The van der Waals surface area contributed by atoms with Crippen molar-refractivity contribution in [2.75, 3.05) is 12.9 Å². The molecule has 0 unspecified atom stereocenters. The van der Waals surface area contributed by atoms with Crippen LogP contribution in [0.2, 0.25) is 0 Å². The summed E-state index contributed by atoms with van der Waals surface area (Å²) in [4.78, 5) is 11.3. The van der Waals surface area contributed by atoms with E-state index in [9.17, 15) is 21.6 Å². The minimum absolute atomic E-state index is 0.0954. The molecule has 1 aromatic rings. The Labute approximate surface area is 130 Å². The third-order valence-electron chi connectivity index (χ3n) is 2.61. The Balaban J connectivity index is 3.00. The van der Waals surface area contributed by atoms with Crippen LogP contribution in [0.25, 0.3) is 0 Å². The molecule has 0 saturated heterocycles. The molecular weight excluding hydrogens is 330 g/mol. The van der Waals surface area contributed by atoms with Crippen molar-refractivity contribution in [1.29, 1.82) is 0 Å². The molecular formula is C13H17NO6S2. The van der Waals surface area contributed by atoms with Gasteiger partial charge in [0.15, 0.2) is 9.84 Å². The number of ether oxygens (including phenoxy) is 1. The van der Waals surface area contributed by atoms with Crippen molar-refractivity contribution in [2.24, 2.45) is 0 Å². The molecule has 0 spiro atoms. The van der Waals surface area contributed by atoms with Crippen LogP contribution in [0.15, 0.2) is 46.7 Å². The molecule has 0 fully saturated rings. The number of sulfone groups is 1. The number of hydrogen-bond acceptors (Lipinski definition) is 6. The predicted molar refractivity (Wildman–Crippen MR) is 80.5 cm³/mol. The van der Waals surface area contributed by atoms with Gasteiger partial charge in [-0.2, -0.15) is 0 Å². The second-order valence-electron chi connectivity index (χ2n) is 4.48. The average Bonchev–Trinajstić information content (AvgIpc) is 2.43. The Morgan fingerprint density at radius 1 is 1.32 bits per heavy atom. The maximum Gasteiger partial charge on any atom is 0.264 e. The van der Waals surface area contributed by atoms with E-state index in [0.29, 0.717) is 0 Å². The highest BCUT2D eigenvalue weighted by Crippen LogP contribution is 2.15. The molecule has 1 N–H and O–H groups in total. The highest BCUT2D eigenvalue weighted by Gasteiger charge is 2.23. The van der Waals surface area contributed by atoms with E-state index in [4.69, 9.17) is 4.74 Å². The van der Waals surface area contributed by atoms with Crippen LogP contribution >= 0.6 is 0 Å². The Morgan fingerprint density at radius 3 is 2.45 bits per heavy atom. The third kappa shape index (κ3) is 4.93. The number of rotatable bonds is 7. The number of carbonyl (C=O) groups excluding carboxylic acids is 1. The van der Waals surface area contributed by atoms with Gasteiger partial charge >= 0.3 is 0 Å². The minimum atomic E-state index is -4.18. The van der Waals surface area contributed by atoms with E-state index in [1.807, 2.05) is 4.72 Å². The van der Waals surface area contributed by atoms with Crippen molar-refractivity contribution in [3.63, 3.8) is 0 Å². The minimum Gasteiger partial charge on any atom is -0.365 e. The zero-order valence-corrected chi connectivity index (χ0v) is 13.8. The molecule has 0 aliphatic heterocycles. The lowest BCUT2D eigenvalue weighted by Crippen LogP contribution is -2.38. The van der Waals surface area contributed by atoms with Gasteiger partial charge in [0.1, 0.15) is 6.10 Å². The molecule has 7 nitrogen and oxygen atoms in total. The smallest absolute Gasteiger partial charge is 0.264 e. The van der Waals surface area contributed by atoms with Gasteiger partial charge < -0.3 is 4.74 Å². The first-order valence-corrected chi connectivity index (χ1v) is 9.54. The Morgan fingerprint density at radius 2 is 1.91 bits per heavy atom. The van der Waals surface area contributed by atoms with E-state index >= 15 is 0 Å². The van der Waals surface area contributed by atoms with E-state index < -0.39 is 31.9 Å². The second-order valence-corrected chi connectivity index (χ2v) is 8.18. The number of amides is 1. The van der Waals surface area contributed by atoms with Gasteiger partial charge in [-0.25, -0.2) is 21.6 Å². The van der Waals surface area contributed by atoms with Crippen molar-refractivity contribution < 1.29 is 26.4 Å².